The molecule has 2 rings (SSSR count). The molecule has 118 valence electrons. The minimum atomic E-state index is -0.539. The van der Waals surface area contributed by atoms with Gasteiger partial charge in [-0.25, -0.2) is 4.79 Å². The molecular weight excluding hydrogens is 276 g/mol. The monoisotopic (exact) mass is 298 g/mol. The lowest BCUT2D eigenvalue weighted by molar-refractivity contribution is -0.0657. The highest BCUT2D eigenvalue weighted by Crippen LogP contribution is 2.29. The van der Waals surface area contributed by atoms with Crippen LogP contribution in [0.4, 0.5) is 0 Å². The van der Waals surface area contributed by atoms with Gasteiger partial charge in [0, 0.05) is 24.8 Å². The summed E-state index contributed by atoms with van der Waals surface area (Å²) in [5.41, 5.74) is -0.484. The molecule has 0 aromatic carbocycles. The van der Waals surface area contributed by atoms with E-state index in [1.165, 1.54) is 10.8 Å². The van der Waals surface area contributed by atoms with Gasteiger partial charge in [-0.15, -0.1) is 0 Å². The zero-order chi connectivity index (χ0) is 15.6. The summed E-state index contributed by atoms with van der Waals surface area (Å²) in [6.45, 7) is 6.10. The molecule has 1 saturated heterocycles. The Labute approximate surface area is 122 Å². The highest BCUT2D eigenvalue weighted by atomic mass is 16.6. The number of aliphatic hydroxyl groups excluding tert-OH is 1. The number of rotatable bonds is 5. The third kappa shape index (κ3) is 3.61. The van der Waals surface area contributed by atoms with Crippen LogP contribution in [0.25, 0.3) is 0 Å². The largest absolute Gasteiger partial charge is 0.394 e. The van der Waals surface area contributed by atoms with Crippen LogP contribution in [0.2, 0.25) is 0 Å². The van der Waals surface area contributed by atoms with Gasteiger partial charge in [-0.2, -0.15) is 0 Å². The van der Waals surface area contributed by atoms with Crippen LogP contribution in [0.3, 0.4) is 0 Å². The number of aromatic amines is 1. The van der Waals surface area contributed by atoms with Crippen molar-refractivity contribution in [3.8, 4) is 0 Å². The maximum absolute atomic E-state index is 11.9. The summed E-state index contributed by atoms with van der Waals surface area (Å²) >= 11 is 0. The first-order valence-electron chi connectivity index (χ1n) is 7.12. The van der Waals surface area contributed by atoms with E-state index in [1.807, 2.05) is 13.8 Å². The molecule has 0 aliphatic carbocycles. The maximum Gasteiger partial charge on any atom is 0.330 e. The Kier molecular flexibility index (Phi) is 4.97. The van der Waals surface area contributed by atoms with Gasteiger partial charge < -0.3 is 14.6 Å². The molecular formula is C14H22N2O5. The van der Waals surface area contributed by atoms with Gasteiger partial charge in [-0.3, -0.25) is 14.3 Å². The van der Waals surface area contributed by atoms with Crippen LogP contribution in [0.5, 0.6) is 0 Å². The molecule has 0 spiro atoms. The topological polar surface area (TPSA) is 93.6 Å². The molecule has 0 amide bonds. The average molecular weight is 298 g/mol. The van der Waals surface area contributed by atoms with Gasteiger partial charge in [0.05, 0.1) is 12.7 Å². The maximum atomic E-state index is 11.9. The van der Waals surface area contributed by atoms with Crippen molar-refractivity contribution in [1.29, 1.82) is 0 Å². The van der Waals surface area contributed by atoms with E-state index in [-0.39, 0.29) is 12.7 Å². The Balaban J connectivity index is 2.17. The summed E-state index contributed by atoms with van der Waals surface area (Å²) in [6, 6.07) is 0. The van der Waals surface area contributed by atoms with Gasteiger partial charge in [-0.1, -0.05) is 13.8 Å². The van der Waals surface area contributed by atoms with Crippen molar-refractivity contribution in [1.82, 2.24) is 9.55 Å². The first-order chi connectivity index (χ1) is 9.92. The van der Waals surface area contributed by atoms with Gasteiger partial charge in [-0.05, 0) is 12.8 Å². The number of aryl methyl sites for hydroxylation is 1. The zero-order valence-electron chi connectivity index (χ0n) is 12.5. The van der Waals surface area contributed by atoms with Crippen molar-refractivity contribution in [2.45, 2.75) is 45.6 Å². The number of hydrogen-bond donors (Lipinski definition) is 2. The van der Waals surface area contributed by atoms with Crippen LogP contribution in [0.15, 0.2) is 15.8 Å². The fourth-order valence-corrected chi connectivity index (χ4v) is 2.33. The Morgan fingerprint density at radius 3 is 2.86 bits per heavy atom. The summed E-state index contributed by atoms with van der Waals surface area (Å²) in [6.07, 6.45) is 0.672. The molecule has 7 heteroatoms. The average Bonchev–Trinajstić information content (AvgIpc) is 2.83. The molecule has 7 nitrogen and oxygen atoms in total. The first-order valence-corrected chi connectivity index (χ1v) is 7.12. The van der Waals surface area contributed by atoms with E-state index < -0.39 is 23.6 Å². The Bertz CT molecular complexity index is 592. The van der Waals surface area contributed by atoms with Crippen LogP contribution in [0, 0.1) is 12.8 Å². The van der Waals surface area contributed by atoms with E-state index in [4.69, 9.17) is 9.47 Å². The fraction of sp³-hybridized carbons (Fsp3) is 0.714. The Morgan fingerprint density at radius 1 is 1.52 bits per heavy atom. The fourth-order valence-electron chi connectivity index (χ4n) is 2.33. The number of nitrogens with zero attached hydrogens (tertiary/aromatic N) is 1. The van der Waals surface area contributed by atoms with E-state index in [9.17, 15) is 14.7 Å². The van der Waals surface area contributed by atoms with Crippen molar-refractivity contribution in [3.63, 3.8) is 0 Å². The van der Waals surface area contributed by atoms with Crippen LogP contribution in [-0.4, -0.2) is 40.1 Å². The van der Waals surface area contributed by atoms with Gasteiger partial charge in [0.2, 0.25) is 0 Å². The molecule has 2 unspecified atom stereocenters. The van der Waals surface area contributed by atoms with Crippen LogP contribution in [-0.2, 0) is 9.47 Å². The summed E-state index contributed by atoms with van der Waals surface area (Å²) in [7, 11) is 0. The third-order valence-electron chi connectivity index (χ3n) is 3.46. The van der Waals surface area contributed by atoms with Crippen LogP contribution in [0.1, 0.15) is 32.1 Å². The van der Waals surface area contributed by atoms with Crippen LogP contribution >= 0.6 is 0 Å². The second-order valence-corrected chi connectivity index (χ2v) is 5.79. The smallest absolute Gasteiger partial charge is 0.330 e. The minimum absolute atomic E-state index is 0.170. The van der Waals surface area contributed by atoms with Gasteiger partial charge in [0.1, 0.15) is 12.3 Å². The number of hydrogen-bond acceptors (Lipinski definition) is 5. The quantitative estimate of drug-likeness (QED) is 0.808. The van der Waals surface area contributed by atoms with E-state index in [1.54, 1.807) is 6.92 Å². The molecule has 2 N–H and O–H groups in total. The SMILES string of the molecule is Cc1cn(C2CC(OCC(C)C)[C@@H](CO)O2)c(=O)[nH]c1=O. The zero-order valence-corrected chi connectivity index (χ0v) is 12.5. The second kappa shape index (κ2) is 6.55. The van der Waals surface area contributed by atoms with Crippen molar-refractivity contribution in [2.75, 3.05) is 13.2 Å². The summed E-state index contributed by atoms with van der Waals surface area (Å²) in [4.78, 5) is 25.5. The van der Waals surface area contributed by atoms with Crippen LogP contribution < -0.4 is 11.2 Å². The predicted molar refractivity (Wildman–Crippen MR) is 76.3 cm³/mol. The molecule has 0 radical (unpaired) electrons. The number of H-pyrrole nitrogens is 1. The Morgan fingerprint density at radius 2 is 2.24 bits per heavy atom. The predicted octanol–water partition coefficient (Wildman–Crippen LogP) is 0.166. The lowest BCUT2D eigenvalue weighted by atomic mass is 10.1. The summed E-state index contributed by atoms with van der Waals surface area (Å²) in [5, 5.41) is 9.38. The summed E-state index contributed by atoms with van der Waals surface area (Å²) < 4.78 is 12.8. The molecule has 1 aliphatic heterocycles. The number of aromatic nitrogens is 2. The molecule has 0 saturated carbocycles. The van der Waals surface area contributed by atoms with Crippen molar-refractivity contribution in [2.24, 2.45) is 5.92 Å². The molecule has 1 fully saturated rings. The standard InChI is InChI=1S/C14H22N2O5/c1-8(2)7-20-10-4-12(21-11(10)6-17)16-5-9(3)13(18)15-14(16)19/h5,8,10-12,17H,4,6-7H2,1-3H3,(H,15,18,19)/t10?,11-,12?/m1/s1. The molecule has 1 aliphatic rings. The third-order valence-corrected chi connectivity index (χ3v) is 3.46. The second-order valence-electron chi connectivity index (χ2n) is 5.79. The number of ether oxygens (including phenoxy) is 2. The number of aliphatic hydroxyl groups is 1. The van der Waals surface area contributed by atoms with Crippen molar-refractivity contribution in [3.05, 3.63) is 32.6 Å². The molecule has 1 aromatic rings. The lowest BCUT2D eigenvalue weighted by Gasteiger charge is -2.17. The molecule has 3 atom stereocenters. The molecule has 2 heterocycles. The molecule has 21 heavy (non-hydrogen) atoms. The first kappa shape index (κ1) is 15.9. The van der Waals surface area contributed by atoms with E-state index >= 15 is 0 Å². The van der Waals surface area contributed by atoms with Crippen molar-refractivity contribution < 1.29 is 14.6 Å². The highest BCUT2D eigenvalue weighted by molar-refractivity contribution is 5.02. The van der Waals surface area contributed by atoms with E-state index in [0.29, 0.717) is 24.5 Å². The van der Waals surface area contributed by atoms with E-state index in [0.717, 1.165) is 0 Å². The highest BCUT2D eigenvalue weighted by Gasteiger charge is 2.37. The number of nitrogens with one attached hydrogen (secondary N) is 1. The normalized spacial score (nSPS) is 25.7. The Hall–Kier alpha value is -1.44. The minimum Gasteiger partial charge on any atom is -0.394 e. The molecule has 1 aromatic heterocycles. The lowest BCUT2D eigenvalue weighted by Crippen LogP contribution is -2.33. The van der Waals surface area contributed by atoms with Gasteiger partial charge >= 0.3 is 5.69 Å². The van der Waals surface area contributed by atoms with Gasteiger partial charge in [0.25, 0.3) is 5.56 Å². The molecule has 0 bridgehead atoms. The summed E-state index contributed by atoms with van der Waals surface area (Å²) in [5.74, 6) is 0.376. The van der Waals surface area contributed by atoms with Gasteiger partial charge in [0.15, 0.2) is 0 Å². The van der Waals surface area contributed by atoms with E-state index in [2.05, 4.69) is 4.98 Å². The van der Waals surface area contributed by atoms with Crippen molar-refractivity contribution >= 4 is 0 Å².